The van der Waals surface area contributed by atoms with Crippen molar-refractivity contribution in [1.29, 1.82) is 0 Å². The number of hydrogen-bond acceptors (Lipinski definition) is 8. The van der Waals surface area contributed by atoms with Crippen molar-refractivity contribution in [3.05, 3.63) is 58.8 Å². The number of benzene rings is 2. The van der Waals surface area contributed by atoms with Crippen LogP contribution in [0, 0.1) is 5.92 Å². The minimum Gasteiger partial charge on any atom is -0.497 e. The number of carbonyl (C=O) groups excluding carboxylic acids is 2. The van der Waals surface area contributed by atoms with E-state index in [1.54, 1.807) is 40.6 Å². The Morgan fingerprint density at radius 1 is 0.923 bits per heavy atom. The second-order valence-electron chi connectivity index (χ2n) is 9.84. The van der Waals surface area contributed by atoms with Gasteiger partial charge in [-0.15, -0.1) is 0 Å². The van der Waals surface area contributed by atoms with Gasteiger partial charge in [-0.25, -0.2) is 0 Å². The number of hydrogen-bond donors (Lipinski definition) is 0. The van der Waals surface area contributed by atoms with Crippen molar-refractivity contribution >= 4 is 17.5 Å². The molecule has 0 aromatic heterocycles. The summed E-state index contributed by atoms with van der Waals surface area (Å²) in [6.07, 6.45) is 2.50. The largest absolute Gasteiger partial charge is 0.497 e. The van der Waals surface area contributed by atoms with Crippen LogP contribution in [0.15, 0.2) is 52.7 Å². The highest BCUT2D eigenvalue weighted by Gasteiger charge is 2.46. The van der Waals surface area contributed by atoms with Crippen LogP contribution in [0.25, 0.3) is 0 Å². The molecule has 0 saturated carbocycles. The van der Waals surface area contributed by atoms with Gasteiger partial charge in [0.15, 0.2) is 17.3 Å². The molecule has 8 heteroatoms. The summed E-state index contributed by atoms with van der Waals surface area (Å²) in [5, 5.41) is 0. The van der Waals surface area contributed by atoms with E-state index in [9.17, 15) is 9.59 Å². The number of carbonyl (C=O) groups is 2. The molecule has 0 saturated heterocycles. The third-order valence-electron chi connectivity index (χ3n) is 7.54. The molecular weight excluding hydrogens is 498 g/mol. The highest BCUT2D eigenvalue weighted by molar-refractivity contribution is 6.09. The maximum Gasteiger partial charge on any atom is 0.315 e. The minimum atomic E-state index is -0.747. The number of Topliss-reactive ketones (excluding diaryl/α,β-unsaturated/α-hetero) is 1. The highest BCUT2D eigenvalue weighted by Crippen LogP contribution is 2.49. The summed E-state index contributed by atoms with van der Waals surface area (Å²) >= 11 is 0. The van der Waals surface area contributed by atoms with E-state index in [4.69, 9.17) is 28.7 Å². The molecule has 0 N–H and O–H groups in total. The molecular formula is C31H37NO7. The Kier molecular flexibility index (Phi) is 8.94. The smallest absolute Gasteiger partial charge is 0.315 e. The SMILES string of the molecule is CCCCOC(=O)C1C(C)=NC2=C(C(=O)C[C@@H](c3ccc(OC)c(OC)c3)C2)[C@@H]1c1cc(OC)ccc1OC. The summed E-state index contributed by atoms with van der Waals surface area (Å²) in [4.78, 5) is 32.3. The lowest BCUT2D eigenvalue weighted by Gasteiger charge is -2.37. The van der Waals surface area contributed by atoms with E-state index in [1.165, 1.54) is 0 Å². The molecule has 208 valence electrons. The number of esters is 1. The summed E-state index contributed by atoms with van der Waals surface area (Å²) < 4.78 is 27.8. The van der Waals surface area contributed by atoms with Crippen LogP contribution >= 0.6 is 0 Å². The number of rotatable bonds is 10. The Labute approximate surface area is 230 Å². The van der Waals surface area contributed by atoms with Crippen molar-refractivity contribution in [2.75, 3.05) is 35.0 Å². The number of aliphatic imine (C=N–C) groups is 1. The zero-order chi connectivity index (χ0) is 28.1. The second-order valence-corrected chi connectivity index (χ2v) is 9.84. The maximum absolute atomic E-state index is 14.0. The van der Waals surface area contributed by atoms with E-state index in [2.05, 4.69) is 0 Å². The number of allylic oxidation sites excluding steroid dienone is 2. The Morgan fingerprint density at radius 3 is 2.31 bits per heavy atom. The van der Waals surface area contributed by atoms with Crippen LogP contribution in [0.1, 0.15) is 62.5 Å². The third kappa shape index (κ3) is 5.65. The molecule has 0 bridgehead atoms. The fourth-order valence-corrected chi connectivity index (χ4v) is 5.53. The molecule has 8 nitrogen and oxygen atoms in total. The third-order valence-corrected chi connectivity index (χ3v) is 7.54. The fraction of sp³-hybridized carbons (Fsp3) is 0.452. The van der Waals surface area contributed by atoms with Crippen LogP contribution in [0.5, 0.6) is 23.0 Å². The van der Waals surface area contributed by atoms with Crippen LogP contribution < -0.4 is 18.9 Å². The van der Waals surface area contributed by atoms with Gasteiger partial charge in [-0.3, -0.25) is 14.6 Å². The van der Waals surface area contributed by atoms with Crippen molar-refractivity contribution in [2.24, 2.45) is 10.9 Å². The molecule has 2 aromatic carbocycles. The van der Waals surface area contributed by atoms with E-state index < -0.39 is 11.8 Å². The topological polar surface area (TPSA) is 92.7 Å². The number of ketones is 1. The van der Waals surface area contributed by atoms with Gasteiger partial charge in [0, 0.05) is 34.9 Å². The van der Waals surface area contributed by atoms with Gasteiger partial charge in [0.05, 0.1) is 35.0 Å². The van der Waals surface area contributed by atoms with Crippen LogP contribution in [-0.2, 0) is 14.3 Å². The molecule has 2 aliphatic rings. The van der Waals surface area contributed by atoms with Gasteiger partial charge in [-0.1, -0.05) is 19.4 Å². The molecule has 39 heavy (non-hydrogen) atoms. The molecule has 4 rings (SSSR count). The van der Waals surface area contributed by atoms with Gasteiger partial charge < -0.3 is 23.7 Å². The standard InChI is InChI=1S/C31H37NO7/c1-7-8-13-39-31(34)28-18(2)32-23-14-20(19-9-11-26(37-5)27(16-19)38-6)15-24(33)30(23)29(28)22-17-21(35-3)10-12-25(22)36-4/h9-12,16-17,20,28-29H,7-8,13-15H2,1-6H3/t20-,28?,29+/m0/s1. The second kappa shape index (κ2) is 12.4. The normalized spacial score (nSPS) is 20.6. The predicted octanol–water partition coefficient (Wildman–Crippen LogP) is 5.64. The molecule has 1 aliphatic carbocycles. The molecule has 2 aromatic rings. The van der Waals surface area contributed by atoms with E-state index in [0.717, 1.165) is 18.4 Å². The monoisotopic (exact) mass is 535 g/mol. The average molecular weight is 536 g/mol. The van der Waals surface area contributed by atoms with Gasteiger partial charge in [0.25, 0.3) is 0 Å². The molecule has 1 unspecified atom stereocenters. The van der Waals surface area contributed by atoms with E-state index in [0.29, 0.717) is 58.6 Å². The van der Waals surface area contributed by atoms with Crippen molar-refractivity contribution in [1.82, 2.24) is 0 Å². The van der Waals surface area contributed by atoms with Gasteiger partial charge in [-0.05, 0) is 61.6 Å². The van der Waals surface area contributed by atoms with Crippen LogP contribution in [0.2, 0.25) is 0 Å². The van der Waals surface area contributed by atoms with E-state index >= 15 is 0 Å². The zero-order valence-electron chi connectivity index (χ0n) is 23.5. The highest BCUT2D eigenvalue weighted by atomic mass is 16.5. The van der Waals surface area contributed by atoms with Crippen LogP contribution in [-0.4, -0.2) is 52.5 Å². The van der Waals surface area contributed by atoms with Crippen LogP contribution in [0.4, 0.5) is 0 Å². The maximum atomic E-state index is 14.0. The van der Waals surface area contributed by atoms with Crippen molar-refractivity contribution < 1.29 is 33.3 Å². The summed E-state index contributed by atoms with van der Waals surface area (Å²) in [7, 11) is 6.35. The molecule has 0 spiro atoms. The number of nitrogens with zero attached hydrogens (tertiary/aromatic N) is 1. The molecule has 0 radical (unpaired) electrons. The fourth-order valence-electron chi connectivity index (χ4n) is 5.53. The van der Waals surface area contributed by atoms with E-state index in [-0.39, 0.29) is 24.1 Å². The number of ether oxygens (including phenoxy) is 5. The number of unbranched alkanes of at least 4 members (excludes halogenated alkanes) is 1. The molecule has 3 atom stereocenters. The van der Waals surface area contributed by atoms with Gasteiger partial charge >= 0.3 is 5.97 Å². The first-order chi connectivity index (χ1) is 18.9. The Hall–Kier alpha value is -3.81. The summed E-state index contributed by atoms with van der Waals surface area (Å²) in [6, 6.07) is 11.2. The summed E-state index contributed by atoms with van der Waals surface area (Å²) in [5.41, 5.74) is 3.52. The first-order valence-electron chi connectivity index (χ1n) is 13.3. The predicted molar refractivity (Wildman–Crippen MR) is 148 cm³/mol. The first kappa shape index (κ1) is 28.2. The van der Waals surface area contributed by atoms with E-state index in [1.807, 2.05) is 38.1 Å². The lowest BCUT2D eigenvalue weighted by molar-refractivity contribution is -0.146. The van der Waals surface area contributed by atoms with Gasteiger partial charge in [0.2, 0.25) is 0 Å². The minimum absolute atomic E-state index is 0.0477. The lowest BCUT2D eigenvalue weighted by Crippen LogP contribution is -2.38. The molecule has 1 aliphatic heterocycles. The zero-order valence-corrected chi connectivity index (χ0v) is 23.5. The van der Waals surface area contributed by atoms with Crippen molar-refractivity contribution in [3.8, 4) is 23.0 Å². The molecule has 0 fully saturated rings. The molecule has 0 amide bonds. The number of methoxy groups -OCH3 is 4. The van der Waals surface area contributed by atoms with Gasteiger partial charge in [0.1, 0.15) is 17.4 Å². The van der Waals surface area contributed by atoms with Crippen molar-refractivity contribution in [3.63, 3.8) is 0 Å². The van der Waals surface area contributed by atoms with Crippen LogP contribution in [0.3, 0.4) is 0 Å². The Morgan fingerprint density at radius 2 is 1.64 bits per heavy atom. The Bertz CT molecular complexity index is 1300. The lowest BCUT2D eigenvalue weighted by atomic mass is 9.69. The summed E-state index contributed by atoms with van der Waals surface area (Å²) in [6.45, 7) is 4.19. The molecule has 1 heterocycles. The first-order valence-corrected chi connectivity index (χ1v) is 13.3. The van der Waals surface area contributed by atoms with Gasteiger partial charge in [-0.2, -0.15) is 0 Å². The van der Waals surface area contributed by atoms with Crippen molar-refractivity contribution in [2.45, 2.75) is 51.4 Å². The Balaban J connectivity index is 1.81. The quantitative estimate of drug-likeness (QED) is 0.287. The summed E-state index contributed by atoms with van der Waals surface area (Å²) in [5.74, 6) is 0.548. The average Bonchev–Trinajstić information content (AvgIpc) is 2.95.